The van der Waals surface area contributed by atoms with Gasteiger partial charge in [0.2, 0.25) is 5.91 Å². The van der Waals surface area contributed by atoms with Crippen LogP contribution in [0.1, 0.15) is 38.2 Å². The highest BCUT2D eigenvalue weighted by molar-refractivity contribution is 6.09. The van der Waals surface area contributed by atoms with E-state index in [0.717, 1.165) is 30.6 Å². The van der Waals surface area contributed by atoms with E-state index in [9.17, 15) is 14.4 Å². The summed E-state index contributed by atoms with van der Waals surface area (Å²) in [6.07, 6.45) is 4.21. The van der Waals surface area contributed by atoms with Gasteiger partial charge in [-0.1, -0.05) is 43.2 Å². The molecule has 2 aliphatic rings. The quantitative estimate of drug-likeness (QED) is 0.861. The Bertz CT molecular complexity index is 638. The lowest BCUT2D eigenvalue weighted by Crippen LogP contribution is -2.44. The van der Waals surface area contributed by atoms with Gasteiger partial charge in [-0.25, -0.2) is 4.79 Å². The summed E-state index contributed by atoms with van der Waals surface area (Å²) in [6.45, 7) is 2.91. The van der Waals surface area contributed by atoms with Crippen molar-refractivity contribution in [1.82, 2.24) is 15.1 Å². The first-order valence-electron chi connectivity index (χ1n) is 8.50. The molecule has 2 heterocycles. The molecule has 6 heteroatoms. The van der Waals surface area contributed by atoms with Crippen LogP contribution < -0.4 is 5.32 Å². The van der Waals surface area contributed by atoms with E-state index < -0.39 is 11.6 Å². The van der Waals surface area contributed by atoms with E-state index >= 15 is 0 Å². The maximum Gasteiger partial charge on any atom is 0.325 e. The zero-order valence-corrected chi connectivity index (χ0v) is 14.0. The van der Waals surface area contributed by atoms with Gasteiger partial charge in [0, 0.05) is 13.1 Å². The van der Waals surface area contributed by atoms with Crippen LogP contribution in [-0.4, -0.2) is 47.3 Å². The predicted molar refractivity (Wildman–Crippen MR) is 89.1 cm³/mol. The van der Waals surface area contributed by atoms with Crippen LogP contribution in [0.3, 0.4) is 0 Å². The Hall–Kier alpha value is -2.37. The lowest BCUT2D eigenvalue weighted by molar-refractivity contribution is -0.138. The highest BCUT2D eigenvalue weighted by atomic mass is 16.2. The molecule has 2 fully saturated rings. The highest BCUT2D eigenvalue weighted by Crippen LogP contribution is 2.28. The average Bonchev–Trinajstić information content (AvgIpc) is 2.81. The number of urea groups is 1. The van der Waals surface area contributed by atoms with Crippen molar-refractivity contribution in [2.24, 2.45) is 0 Å². The lowest BCUT2D eigenvalue weighted by Gasteiger charge is -2.24. The van der Waals surface area contributed by atoms with Gasteiger partial charge in [-0.05, 0) is 25.3 Å². The third-order valence-electron chi connectivity index (χ3n) is 4.88. The van der Waals surface area contributed by atoms with Crippen molar-refractivity contribution in [2.45, 2.75) is 38.1 Å². The molecule has 1 N–H and O–H groups in total. The van der Waals surface area contributed by atoms with E-state index in [-0.39, 0.29) is 18.4 Å². The minimum atomic E-state index is -1.11. The summed E-state index contributed by atoms with van der Waals surface area (Å²) in [4.78, 5) is 40.4. The zero-order valence-electron chi connectivity index (χ0n) is 14.0. The van der Waals surface area contributed by atoms with Gasteiger partial charge in [0.25, 0.3) is 5.91 Å². The van der Waals surface area contributed by atoms with E-state index in [4.69, 9.17) is 0 Å². The molecule has 128 valence electrons. The fourth-order valence-corrected chi connectivity index (χ4v) is 3.36. The molecule has 0 radical (unpaired) electrons. The first-order valence-corrected chi connectivity index (χ1v) is 8.50. The van der Waals surface area contributed by atoms with E-state index in [0.29, 0.717) is 18.7 Å². The van der Waals surface area contributed by atoms with Gasteiger partial charge in [-0.15, -0.1) is 0 Å². The molecule has 4 amide bonds. The normalized spacial score (nSPS) is 24.7. The van der Waals surface area contributed by atoms with E-state index in [1.54, 1.807) is 24.0 Å². The molecule has 0 aliphatic carbocycles. The first-order chi connectivity index (χ1) is 11.5. The summed E-state index contributed by atoms with van der Waals surface area (Å²) in [7, 11) is 0. The van der Waals surface area contributed by atoms with Crippen molar-refractivity contribution < 1.29 is 14.4 Å². The fraction of sp³-hybridized carbons (Fsp3) is 0.500. The Morgan fingerprint density at radius 2 is 1.71 bits per heavy atom. The molecule has 0 bridgehead atoms. The summed E-state index contributed by atoms with van der Waals surface area (Å²) in [5.74, 6) is -0.528. The van der Waals surface area contributed by atoms with Gasteiger partial charge in [0.05, 0.1) is 0 Å². The maximum atomic E-state index is 12.8. The monoisotopic (exact) mass is 329 g/mol. The average molecular weight is 329 g/mol. The number of likely N-dealkylation sites (tertiary alicyclic amines) is 1. The third-order valence-corrected chi connectivity index (χ3v) is 4.88. The van der Waals surface area contributed by atoms with Gasteiger partial charge in [0.1, 0.15) is 12.1 Å². The number of rotatable bonds is 3. The zero-order chi connectivity index (χ0) is 17.2. The molecule has 1 aromatic carbocycles. The van der Waals surface area contributed by atoms with Gasteiger partial charge < -0.3 is 10.2 Å². The fourth-order valence-electron chi connectivity index (χ4n) is 3.36. The van der Waals surface area contributed by atoms with Crippen molar-refractivity contribution in [2.75, 3.05) is 19.6 Å². The van der Waals surface area contributed by atoms with Gasteiger partial charge >= 0.3 is 6.03 Å². The third kappa shape index (κ3) is 3.00. The Balaban J connectivity index is 1.73. The number of hydrogen-bond donors (Lipinski definition) is 1. The Morgan fingerprint density at radius 1 is 1.08 bits per heavy atom. The molecule has 1 unspecified atom stereocenters. The number of hydrogen-bond acceptors (Lipinski definition) is 3. The molecule has 2 saturated heterocycles. The number of nitrogens with one attached hydrogen (secondary N) is 1. The minimum Gasteiger partial charge on any atom is -0.341 e. The molecule has 0 aromatic heterocycles. The van der Waals surface area contributed by atoms with Gasteiger partial charge in [-0.2, -0.15) is 0 Å². The van der Waals surface area contributed by atoms with Crippen LogP contribution in [0.25, 0.3) is 0 Å². The molecule has 1 atom stereocenters. The summed E-state index contributed by atoms with van der Waals surface area (Å²) in [5, 5.41) is 2.73. The van der Waals surface area contributed by atoms with Crippen molar-refractivity contribution in [3.05, 3.63) is 35.9 Å². The second-order valence-electron chi connectivity index (χ2n) is 6.61. The van der Waals surface area contributed by atoms with Crippen LogP contribution in [0.15, 0.2) is 30.3 Å². The smallest absolute Gasteiger partial charge is 0.325 e. The Morgan fingerprint density at radius 3 is 2.33 bits per heavy atom. The molecular weight excluding hydrogens is 306 g/mol. The summed E-state index contributed by atoms with van der Waals surface area (Å²) >= 11 is 0. The van der Waals surface area contributed by atoms with Crippen molar-refractivity contribution in [3.8, 4) is 0 Å². The molecule has 3 rings (SSSR count). The molecule has 6 nitrogen and oxygen atoms in total. The molecule has 2 aliphatic heterocycles. The summed E-state index contributed by atoms with van der Waals surface area (Å²) in [6, 6.07) is 8.61. The van der Waals surface area contributed by atoms with E-state index in [1.807, 2.05) is 18.2 Å². The van der Waals surface area contributed by atoms with E-state index in [1.165, 1.54) is 0 Å². The first kappa shape index (κ1) is 16.5. The topological polar surface area (TPSA) is 69.7 Å². The van der Waals surface area contributed by atoms with Gasteiger partial charge in [0.15, 0.2) is 0 Å². The van der Waals surface area contributed by atoms with Crippen LogP contribution in [0.5, 0.6) is 0 Å². The van der Waals surface area contributed by atoms with Crippen molar-refractivity contribution >= 4 is 17.8 Å². The van der Waals surface area contributed by atoms with Crippen LogP contribution in [-0.2, 0) is 15.1 Å². The van der Waals surface area contributed by atoms with Crippen molar-refractivity contribution in [3.63, 3.8) is 0 Å². The summed E-state index contributed by atoms with van der Waals surface area (Å²) < 4.78 is 0. The highest BCUT2D eigenvalue weighted by Gasteiger charge is 2.49. The molecular formula is C18H23N3O3. The molecule has 0 saturated carbocycles. The lowest BCUT2D eigenvalue weighted by atomic mass is 9.92. The largest absolute Gasteiger partial charge is 0.341 e. The number of carbonyl (C=O) groups excluding carboxylic acids is 3. The number of nitrogens with zero attached hydrogens (tertiary/aromatic N) is 2. The van der Waals surface area contributed by atoms with Crippen LogP contribution >= 0.6 is 0 Å². The molecule has 24 heavy (non-hydrogen) atoms. The summed E-state index contributed by atoms with van der Waals surface area (Å²) in [5.41, 5.74) is -0.398. The molecule has 0 spiro atoms. The van der Waals surface area contributed by atoms with Crippen LogP contribution in [0, 0.1) is 0 Å². The van der Waals surface area contributed by atoms with Gasteiger partial charge in [-0.3, -0.25) is 14.5 Å². The van der Waals surface area contributed by atoms with Crippen LogP contribution in [0.4, 0.5) is 4.79 Å². The second-order valence-corrected chi connectivity index (χ2v) is 6.61. The SMILES string of the molecule is CC1(c2ccccc2)NC(=O)N(CC(=O)N2CCCCCC2)C1=O. The van der Waals surface area contributed by atoms with E-state index in [2.05, 4.69) is 5.32 Å². The Labute approximate surface area is 141 Å². The minimum absolute atomic E-state index is 0.155. The van der Waals surface area contributed by atoms with Crippen molar-refractivity contribution in [1.29, 1.82) is 0 Å². The number of imide groups is 1. The molecule has 1 aromatic rings. The standard InChI is InChI=1S/C18H23N3O3/c1-18(14-9-5-4-6-10-14)16(23)21(17(24)19-18)13-15(22)20-11-7-2-3-8-12-20/h4-6,9-10H,2-3,7-8,11-13H2,1H3,(H,19,24). The predicted octanol–water partition coefficient (Wildman–Crippen LogP) is 1.86. The number of carbonyl (C=O) groups is 3. The second kappa shape index (κ2) is 6.63. The number of amides is 4. The van der Waals surface area contributed by atoms with Crippen LogP contribution in [0.2, 0.25) is 0 Å². The number of benzene rings is 1. The maximum absolute atomic E-state index is 12.8. The Kier molecular flexibility index (Phi) is 4.55.